The molecule has 0 amide bonds. The molecule has 0 fully saturated rings. The Morgan fingerprint density at radius 3 is 2.67 bits per heavy atom. The van der Waals surface area contributed by atoms with E-state index in [0.29, 0.717) is 0 Å². The Balaban J connectivity index is 2.55. The van der Waals surface area contributed by atoms with Crippen molar-refractivity contribution in [1.29, 1.82) is 0 Å². The number of aromatic amines is 1. The molecule has 1 aromatic heterocycles. The summed E-state index contributed by atoms with van der Waals surface area (Å²) in [7, 11) is 0. The molecule has 2 nitrogen and oxygen atoms in total. The van der Waals surface area contributed by atoms with Gasteiger partial charge in [0.05, 0.1) is 5.69 Å². The van der Waals surface area contributed by atoms with Crippen LogP contribution in [0.1, 0.15) is 0 Å². The molecule has 0 unspecified atom stereocenters. The molecule has 3 heteroatoms. The van der Waals surface area contributed by atoms with E-state index in [2.05, 4.69) is 44.9 Å². The highest BCUT2D eigenvalue weighted by molar-refractivity contribution is 14.1. The molecule has 60 valence electrons. The van der Waals surface area contributed by atoms with Crippen molar-refractivity contribution in [3.05, 3.63) is 40.1 Å². The van der Waals surface area contributed by atoms with E-state index >= 15 is 0 Å². The summed E-state index contributed by atoms with van der Waals surface area (Å²) in [5, 5.41) is 6.85. The van der Waals surface area contributed by atoms with Gasteiger partial charge in [-0.05, 0) is 34.7 Å². The highest BCUT2D eigenvalue weighted by Crippen LogP contribution is 2.21. The first-order chi connectivity index (χ1) is 5.88. The second kappa shape index (κ2) is 3.26. The van der Waals surface area contributed by atoms with E-state index in [1.165, 1.54) is 9.13 Å². The first kappa shape index (κ1) is 7.79. The van der Waals surface area contributed by atoms with Crippen LogP contribution < -0.4 is 0 Å². The van der Waals surface area contributed by atoms with Crippen LogP contribution in [0, 0.1) is 3.57 Å². The fourth-order valence-electron chi connectivity index (χ4n) is 1.09. The van der Waals surface area contributed by atoms with Gasteiger partial charge in [-0.25, -0.2) is 0 Å². The first-order valence-electron chi connectivity index (χ1n) is 3.62. The number of nitrogens with zero attached hydrogens (tertiary/aromatic N) is 1. The molecular formula is C9H7IN2. The molecule has 1 aromatic carbocycles. The standard InChI is InChI=1S/C9H7IN2/c10-8-4-2-1-3-7(8)9-5-6-11-12-9/h1-6H,(H,11,12). The van der Waals surface area contributed by atoms with Crippen LogP contribution in [0.5, 0.6) is 0 Å². The van der Waals surface area contributed by atoms with E-state index in [1.54, 1.807) is 6.20 Å². The molecule has 0 aliphatic heterocycles. The predicted molar refractivity (Wildman–Crippen MR) is 56.7 cm³/mol. The average Bonchev–Trinajstić information content (AvgIpc) is 2.57. The van der Waals surface area contributed by atoms with Crippen LogP contribution >= 0.6 is 22.6 Å². The Morgan fingerprint density at radius 1 is 1.17 bits per heavy atom. The lowest BCUT2D eigenvalue weighted by molar-refractivity contribution is 1.09. The fraction of sp³-hybridized carbons (Fsp3) is 0. The zero-order chi connectivity index (χ0) is 8.39. The van der Waals surface area contributed by atoms with Gasteiger partial charge >= 0.3 is 0 Å². The molecule has 0 saturated carbocycles. The maximum Gasteiger partial charge on any atom is 0.0660 e. The van der Waals surface area contributed by atoms with Crippen molar-refractivity contribution in [2.75, 3.05) is 0 Å². The smallest absolute Gasteiger partial charge is 0.0660 e. The summed E-state index contributed by atoms with van der Waals surface area (Å²) < 4.78 is 1.24. The number of nitrogens with one attached hydrogen (secondary N) is 1. The number of H-pyrrole nitrogens is 1. The van der Waals surface area contributed by atoms with Crippen LogP contribution in [0.4, 0.5) is 0 Å². The minimum atomic E-state index is 1.07. The van der Waals surface area contributed by atoms with Gasteiger partial charge in [-0.2, -0.15) is 5.10 Å². The maximum absolute atomic E-state index is 3.91. The Kier molecular flexibility index (Phi) is 2.12. The number of hydrogen-bond acceptors (Lipinski definition) is 1. The Labute approximate surface area is 84.1 Å². The maximum atomic E-state index is 3.91. The van der Waals surface area contributed by atoms with Gasteiger partial charge in [0.2, 0.25) is 0 Å². The largest absolute Gasteiger partial charge is 0.278 e. The average molecular weight is 270 g/mol. The van der Waals surface area contributed by atoms with E-state index in [4.69, 9.17) is 0 Å². The second-order valence-corrected chi connectivity index (χ2v) is 3.61. The molecule has 0 saturated heterocycles. The molecule has 0 radical (unpaired) electrons. The van der Waals surface area contributed by atoms with E-state index in [1.807, 2.05) is 18.2 Å². The minimum Gasteiger partial charge on any atom is -0.278 e. The SMILES string of the molecule is Ic1ccccc1-c1ccn[nH]1. The number of halogens is 1. The van der Waals surface area contributed by atoms with Crippen molar-refractivity contribution in [2.24, 2.45) is 0 Å². The highest BCUT2D eigenvalue weighted by Gasteiger charge is 2.01. The second-order valence-electron chi connectivity index (χ2n) is 2.45. The number of benzene rings is 1. The molecule has 0 aliphatic rings. The quantitative estimate of drug-likeness (QED) is 0.793. The van der Waals surface area contributed by atoms with Gasteiger partial charge in [0, 0.05) is 15.3 Å². The van der Waals surface area contributed by atoms with Gasteiger partial charge in [-0.3, -0.25) is 5.10 Å². The topological polar surface area (TPSA) is 28.7 Å². The van der Waals surface area contributed by atoms with Crippen LogP contribution in [0.15, 0.2) is 36.5 Å². The first-order valence-corrected chi connectivity index (χ1v) is 4.70. The van der Waals surface area contributed by atoms with Crippen molar-refractivity contribution in [2.45, 2.75) is 0 Å². The Hall–Kier alpha value is -0.840. The summed E-state index contributed by atoms with van der Waals surface area (Å²) in [4.78, 5) is 0. The lowest BCUT2D eigenvalue weighted by Gasteiger charge is -1.98. The van der Waals surface area contributed by atoms with E-state index in [9.17, 15) is 0 Å². The van der Waals surface area contributed by atoms with Crippen LogP contribution in [0.3, 0.4) is 0 Å². The highest BCUT2D eigenvalue weighted by atomic mass is 127. The zero-order valence-electron chi connectivity index (χ0n) is 6.29. The van der Waals surface area contributed by atoms with Crippen molar-refractivity contribution < 1.29 is 0 Å². The van der Waals surface area contributed by atoms with Crippen LogP contribution in [0.25, 0.3) is 11.3 Å². The molecule has 1 N–H and O–H groups in total. The third kappa shape index (κ3) is 1.36. The van der Waals surface area contributed by atoms with Gasteiger partial charge in [0.25, 0.3) is 0 Å². The number of rotatable bonds is 1. The molecule has 0 aliphatic carbocycles. The molecule has 12 heavy (non-hydrogen) atoms. The zero-order valence-corrected chi connectivity index (χ0v) is 8.45. The third-order valence-electron chi connectivity index (χ3n) is 1.66. The number of hydrogen-bond donors (Lipinski definition) is 1. The van der Waals surface area contributed by atoms with Crippen molar-refractivity contribution in [3.63, 3.8) is 0 Å². The van der Waals surface area contributed by atoms with E-state index in [0.717, 1.165) is 5.69 Å². The normalized spacial score (nSPS) is 10.1. The summed E-state index contributed by atoms with van der Waals surface area (Å²) in [5.74, 6) is 0. The molecule has 1 heterocycles. The Bertz CT molecular complexity index is 368. The van der Waals surface area contributed by atoms with Crippen LogP contribution in [-0.4, -0.2) is 10.2 Å². The molecule has 0 atom stereocenters. The molecule has 0 spiro atoms. The third-order valence-corrected chi connectivity index (χ3v) is 2.61. The van der Waals surface area contributed by atoms with Gasteiger partial charge in [-0.15, -0.1) is 0 Å². The van der Waals surface area contributed by atoms with Gasteiger partial charge in [0.1, 0.15) is 0 Å². The van der Waals surface area contributed by atoms with Crippen LogP contribution in [0.2, 0.25) is 0 Å². The molecule has 0 bridgehead atoms. The van der Waals surface area contributed by atoms with Crippen molar-refractivity contribution >= 4 is 22.6 Å². The summed E-state index contributed by atoms with van der Waals surface area (Å²) in [6, 6.07) is 10.2. The lowest BCUT2D eigenvalue weighted by atomic mass is 10.2. The Morgan fingerprint density at radius 2 is 2.00 bits per heavy atom. The summed E-state index contributed by atoms with van der Waals surface area (Å²) in [6.45, 7) is 0. The molecule has 2 rings (SSSR count). The minimum absolute atomic E-state index is 1.07. The number of aromatic nitrogens is 2. The van der Waals surface area contributed by atoms with E-state index in [-0.39, 0.29) is 0 Å². The summed E-state index contributed by atoms with van der Waals surface area (Å²) >= 11 is 2.31. The lowest BCUT2D eigenvalue weighted by Crippen LogP contribution is -1.81. The van der Waals surface area contributed by atoms with Gasteiger partial charge in [0.15, 0.2) is 0 Å². The van der Waals surface area contributed by atoms with Crippen molar-refractivity contribution in [1.82, 2.24) is 10.2 Å². The predicted octanol–water partition coefficient (Wildman–Crippen LogP) is 2.68. The fourth-order valence-corrected chi connectivity index (χ4v) is 1.76. The van der Waals surface area contributed by atoms with Crippen molar-refractivity contribution in [3.8, 4) is 11.3 Å². The van der Waals surface area contributed by atoms with E-state index < -0.39 is 0 Å². The molecular weight excluding hydrogens is 263 g/mol. The summed E-state index contributed by atoms with van der Waals surface area (Å²) in [6.07, 6.45) is 1.76. The molecule has 2 aromatic rings. The van der Waals surface area contributed by atoms with Gasteiger partial charge in [-0.1, -0.05) is 18.2 Å². The monoisotopic (exact) mass is 270 g/mol. The summed E-state index contributed by atoms with van der Waals surface area (Å²) in [5.41, 5.74) is 2.27. The van der Waals surface area contributed by atoms with Gasteiger partial charge < -0.3 is 0 Å². The van der Waals surface area contributed by atoms with Crippen LogP contribution in [-0.2, 0) is 0 Å².